The van der Waals surface area contributed by atoms with E-state index in [0.717, 1.165) is 22.2 Å². The fourth-order valence-corrected chi connectivity index (χ4v) is 4.70. The van der Waals surface area contributed by atoms with Gasteiger partial charge in [0.15, 0.2) is 11.3 Å². The minimum atomic E-state index is -0.691. The normalized spacial score (nSPS) is 11.2. The highest BCUT2D eigenvalue weighted by atomic mass is 32.2. The van der Waals surface area contributed by atoms with Gasteiger partial charge in [0, 0.05) is 10.3 Å². The maximum absolute atomic E-state index is 13.6. The average Bonchev–Trinajstić information content (AvgIpc) is 2.85. The van der Waals surface area contributed by atoms with Crippen molar-refractivity contribution >= 4 is 33.6 Å². The van der Waals surface area contributed by atoms with Gasteiger partial charge in [-0.15, -0.1) is 0 Å². The van der Waals surface area contributed by atoms with Gasteiger partial charge < -0.3 is 18.8 Å². The van der Waals surface area contributed by atoms with Crippen molar-refractivity contribution in [3.63, 3.8) is 0 Å². The van der Waals surface area contributed by atoms with Gasteiger partial charge >= 0.3 is 5.63 Å². The predicted molar refractivity (Wildman–Crippen MR) is 129 cm³/mol. The Balaban J connectivity index is 1.77. The molecule has 0 fully saturated rings. The van der Waals surface area contributed by atoms with Crippen LogP contribution in [0.5, 0.6) is 11.5 Å². The molecule has 2 heterocycles. The smallest absolute Gasteiger partial charge is 0.354 e. The molecule has 0 saturated heterocycles. The summed E-state index contributed by atoms with van der Waals surface area (Å²) in [6, 6.07) is 23.8. The standard InChI is InChI=1S/C26H19NO5S/c1-31-17-9-7-8-16(14-17)15-27-20-13-6-5-12-19(20)23-21(25(27)29)22(28)24(26(30)32-23)33-18-10-3-2-4-11-18/h2-14,28H,15H2,1H3. The monoisotopic (exact) mass is 457 g/mol. The number of benzene rings is 3. The van der Waals surface area contributed by atoms with Crippen LogP contribution in [0.1, 0.15) is 5.56 Å². The van der Waals surface area contributed by atoms with Crippen molar-refractivity contribution in [3.8, 4) is 11.5 Å². The van der Waals surface area contributed by atoms with Crippen LogP contribution in [0.2, 0.25) is 0 Å². The highest BCUT2D eigenvalue weighted by Crippen LogP contribution is 2.37. The molecule has 0 radical (unpaired) electrons. The van der Waals surface area contributed by atoms with E-state index >= 15 is 0 Å². The molecule has 0 aliphatic rings. The lowest BCUT2D eigenvalue weighted by atomic mass is 10.1. The number of hydrogen-bond donors (Lipinski definition) is 1. The van der Waals surface area contributed by atoms with Gasteiger partial charge in [0.05, 0.1) is 19.2 Å². The van der Waals surface area contributed by atoms with E-state index in [-0.39, 0.29) is 28.2 Å². The van der Waals surface area contributed by atoms with Gasteiger partial charge in [-0.3, -0.25) is 4.79 Å². The second kappa shape index (κ2) is 8.52. The predicted octanol–water partition coefficient (Wildman–Crippen LogP) is 5.02. The summed E-state index contributed by atoms with van der Waals surface area (Å²) in [5.74, 6) is 0.311. The average molecular weight is 458 g/mol. The van der Waals surface area contributed by atoms with Gasteiger partial charge in [-0.05, 0) is 42.0 Å². The number of methoxy groups -OCH3 is 1. The summed E-state index contributed by atoms with van der Waals surface area (Å²) in [7, 11) is 1.59. The fraction of sp³-hybridized carbons (Fsp3) is 0.0769. The zero-order valence-electron chi connectivity index (χ0n) is 17.6. The quantitative estimate of drug-likeness (QED) is 0.373. The maximum atomic E-state index is 13.6. The first-order valence-electron chi connectivity index (χ1n) is 10.2. The molecule has 5 rings (SSSR count). The van der Waals surface area contributed by atoms with Crippen LogP contribution in [-0.4, -0.2) is 16.8 Å². The zero-order valence-corrected chi connectivity index (χ0v) is 18.5. The first-order valence-corrected chi connectivity index (χ1v) is 11.1. The summed E-state index contributed by atoms with van der Waals surface area (Å²) in [4.78, 5) is 27.2. The second-order valence-corrected chi connectivity index (χ2v) is 8.53. The number of aromatic hydroxyl groups is 1. The summed E-state index contributed by atoms with van der Waals surface area (Å²) in [5.41, 5.74) is 0.407. The van der Waals surface area contributed by atoms with Crippen LogP contribution in [-0.2, 0) is 6.54 Å². The number of para-hydroxylation sites is 1. The second-order valence-electron chi connectivity index (χ2n) is 7.45. The molecule has 0 atom stereocenters. The third-order valence-corrected chi connectivity index (χ3v) is 6.47. The molecule has 0 aliphatic heterocycles. The van der Waals surface area contributed by atoms with Crippen LogP contribution in [0.4, 0.5) is 0 Å². The molecule has 2 aromatic heterocycles. The molecule has 0 spiro atoms. The van der Waals surface area contributed by atoms with Crippen LogP contribution in [0.25, 0.3) is 21.9 Å². The minimum absolute atomic E-state index is 0.0189. The minimum Gasteiger partial charge on any atom is -0.505 e. The molecule has 0 bridgehead atoms. The summed E-state index contributed by atoms with van der Waals surface area (Å²) >= 11 is 1.06. The molecule has 33 heavy (non-hydrogen) atoms. The highest BCUT2D eigenvalue weighted by molar-refractivity contribution is 7.99. The van der Waals surface area contributed by atoms with Crippen molar-refractivity contribution in [2.24, 2.45) is 0 Å². The first-order chi connectivity index (χ1) is 16.1. The maximum Gasteiger partial charge on any atom is 0.354 e. The molecule has 0 aliphatic carbocycles. The van der Waals surface area contributed by atoms with Crippen LogP contribution in [0.15, 0.2) is 103 Å². The zero-order chi connectivity index (χ0) is 22.9. The molecule has 164 valence electrons. The fourth-order valence-electron chi connectivity index (χ4n) is 3.85. The van der Waals surface area contributed by atoms with Crippen molar-refractivity contribution in [2.75, 3.05) is 7.11 Å². The SMILES string of the molecule is COc1cccc(Cn2c(=O)c3c(O)c(Sc4ccccc4)c(=O)oc3c3ccccc32)c1. The third kappa shape index (κ3) is 3.76. The third-order valence-electron chi connectivity index (χ3n) is 5.40. The Bertz CT molecular complexity index is 1610. The Morgan fingerprint density at radius 2 is 1.73 bits per heavy atom. The Labute approximate surface area is 192 Å². The van der Waals surface area contributed by atoms with Crippen molar-refractivity contribution in [1.29, 1.82) is 0 Å². The Morgan fingerprint density at radius 1 is 0.970 bits per heavy atom. The summed E-state index contributed by atoms with van der Waals surface area (Å²) in [6.45, 7) is 0.256. The molecule has 0 amide bonds. The molecule has 1 N–H and O–H groups in total. The van der Waals surface area contributed by atoms with Crippen molar-refractivity contribution in [2.45, 2.75) is 16.3 Å². The van der Waals surface area contributed by atoms with Gasteiger partial charge in [-0.2, -0.15) is 0 Å². The van der Waals surface area contributed by atoms with E-state index in [4.69, 9.17) is 9.15 Å². The van der Waals surface area contributed by atoms with Gasteiger partial charge in [0.1, 0.15) is 16.0 Å². The van der Waals surface area contributed by atoms with Crippen molar-refractivity contribution in [1.82, 2.24) is 4.57 Å². The van der Waals surface area contributed by atoms with E-state index < -0.39 is 11.2 Å². The lowest BCUT2D eigenvalue weighted by Crippen LogP contribution is -2.22. The molecule has 3 aromatic carbocycles. The van der Waals surface area contributed by atoms with Crippen LogP contribution < -0.4 is 15.9 Å². The number of ether oxygens (including phenoxy) is 1. The molecule has 0 unspecified atom stereocenters. The van der Waals surface area contributed by atoms with E-state index in [1.165, 1.54) is 0 Å². The van der Waals surface area contributed by atoms with E-state index in [0.29, 0.717) is 16.7 Å². The van der Waals surface area contributed by atoms with Crippen LogP contribution in [0.3, 0.4) is 0 Å². The van der Waals surface area contributed by atoms with Gasteiger partial charge in [0.25, 0.3) is 5.56 Å². The van der Waals surface area contributed by atoms with Gasteiger partial charge in [-0.25, -0.2) is 4.79 Å². The van der Waals surface area contributed by atoms with Crippen molar-refractivity contribution < 1.29 is 14.3 Å². The molecular formula is C26H19NO5S. The van der Waals surface area contributed by atoms with E-state index in [9.17, 15) is 14.7 Å². The van der Waals surface area contributed by atoms with Gasteiger partial charge in [-0.1, -0.05) is 54.2 Å². The summed E-state index contributed by atoms with van der Waals surface area (Å²) in [6.07, 6.45) is 0. The first kappa shape index (κ1) is 20.9. The van der Waals surface area contributed by atoms with E-state index in [1.54, 1.807) is 29.9 Å². The number of aromatic nitrogens is 1. The summed E-state index contributed by atoms with van der Waals surface area (Å²) < 4.78 is 12.5. The lowest BCUT2D eigenvalue weighted by Gasteiger charge is -2.14. The summed E-state index contributed by atoms with van der Waals surface area (Å²) in [5, 5.41) is 11.6. The number of pyridine rings is 1. The van der Waals surface area contributed by atoms with Crippen LogP contribution >= 0.6 is 11.8 Å². The Kier molecular flexibility index (Phi) is 5.40. The largest absolute Gasteiger partial charge is 0.505 e. The van der Waals surface area contributed by atoms with Crippen LogP contribution in [0, 0.1) is 0 Å². The van der Waals surface area contributed by atoms with Gasteiger partial charge in [0.2, 0.25) is 0 Å². The number of fused-ring (bicyclic) bond motifs is 3. The lowest BCUT2D eigenvalue weighted by molar-refractivity contribution is 0.414. The number of hydrogen-bond acceptors (Lipinski definition) is 6. The van der Waals surface area contributed by atoms with E-state index in [2.05, 4.69) is 0 Å². The molecular weight excluding hydrogens is 438 g/mol. The topological polar surface area (TPSA) is 81.7 Å². The van der Waals surface area contributed by atoms with Crippen molar-refractivity contribution in [3.05, 3.63) is 105 Å². The highest BCUT2D eigenvalue weighted by Gasteiger charge is 2.22. The molecule has 0 saturated carbocycles. The number of nitrogens with zero attached hydrogens (tertiary/aromatic N) is 1. The molecule has 7 heteroatoms. The molecule has 6 nitrogen and oxygen atoms in total. The molecule has 5 aromatic rings. The van der Waals surface area contributed by atoms with E-state index in [1.807, 2.05) is 60.7 Å². The Morgan fingerprint density at radius 3 is 2.52 bits per heavy atom. The number of rotatable bonds is 5. The Hall–Kier alpha value is -3.97.